The van der Waals surface area contributed by atoms with Crippen molar-refractivity contribution in [1.82, 2.24) is 14.7 Å². The number of aromatic nitrogens is 2. The fourth-order valence-corrected chi connectivity index (χ4v) is 6.58. The number of fused-ring (bicyclic) bond motifs is 1. The second kappa shape index (κ2) is 10.4. The number of halogens is 5. The third-order valence-corrected chi connectivity index (χ3v) is 9.11. The third kappa shape index (κ3) is 4.90. The van der Waals surface area contributed by atoms with E-state index >= 15 is 4.39 Å². The summed E-state index contributed by atoms with van der Waals surface area (Å²) in [5.74, 6) is -4.02. The molecule has 13 heteroatoms. The molecule has 2 fully saturated rings. The summed E-state index contributed by atoms with van der Waals surface area (Å²) in [7, 11) is 0. The lowest BCUT2D eigenvalue weighted by Crippen LogP contribution is -2.38. The van der Waals surface area contributed by atoms with Crippen molar-refractivity contribution in [2.24, 2.45) is 5.92 Å². The van der Waals surface area contributed by atoms with E-state index in [0.29, 0.717) is 24.9 Å². The first-order valence-electron chi connectivity index (χ1n) is 13.8. The van der Waals surface area contributed by atoms with E-state index in [1.807, 2.05) is 0 Å². The van der Waals surface area contributed by atoms with Crippen LogP contribution in [0.15, 0.2) is 36.4 Å². The molecule has 226 valence electrons. The van der Waals surface area contributed by atoms with Crippen molar-refractivity contribution in [1.29, 1.82) is 0 Å². The Labute approximate surface area is 247 Å². The molecule has 43 heavy (non-hydrogen) atoms. The number of β-amino-alcohol motifs (C(OH)–C–C–N with tert-alkyl or cyclic N) is 1. The van der Waals surface area contributed by atoms with Gasteiger partial charge in [0.1, 0.15) is 5.82 Å². The van der Waals surface area contributed by atoms with E-state index in [0.717, 1.165) is 10.7 Å². The molecule has 8 nitrogen and oxygen atoms in total. The number of hydrogen-bond acceptors (Lipinski definition) is 5. The zero-order valence-corrected chi connectivity index (χ0v) is 23.4. The fourth-order valence-electron chi connectivity index (χ4n) is 6.32. The molecule has 0 bridgehead atoms. The summed E-state index contributed by atoms with van der Waals surface area (Å²) < 4.78 is 58.7. The summed E-state index contributed by atoms with van der Waals surface area (Å²) in [6.07, 6.45) is -4.72. The lowest BCUT2D eigenvalue weighted by atomic mass is 9.84. The number of aliphatic hydroxyl groups is 1. The van der Waals surface area contributed by atoms with Crippen LogP contribution < -0.4 is 0 Å². The maximum absolute atomic E-state index is 15.2. The van der Waals surface area contributed by atoms with E-state index in [1.165, 1.54) is 30.3 Å². The van der Waals surface area contributed by atoms with Gasteiger partial charge in [-0.05, 0) is 61.9 Å². The van der Waals surface area contributed by atoms with Gasteiger partial charge in [-0.1, -0.05) is 23.7 Å². The first-order chi connectivity index (χ1) is 20.3. The average Bonchev–Trinajstić information content (AvgIpc) is 3.55. The fraction of sp³-hybridized carbons (Fsp3) is 0.400. The van der Waals surface area contributed by atoms with Crippen LogP contribution in [0.4, 0.5) is 17.6 Å². The van der Waals surface area contributed by atoms with Crippen LogP contribution in [0.1, 0.15) is 63.2 Å². The van der Waals surface area contributed by atoms with Gasteiger partial charge in [0.25, 0.3) is 5.91 Å². The van der Waals surface area contributed by atoms with Crippen molar-refractivity contribution in [3.05, 3.63) is 75.2 Å². The van der Waals surface area contributed by atoms with Crippen molar-refractivity contribution in [3.8, 4) is 11.3 Å². The minimum Gasteiger partial charge on any atom is -0.478 e. The van der Waals surface area contributed by atoms with Gasteiger partial charge in [0, 0.05) is 36.6 Å². The highest BCUT2D eigenvalue weighted by Crippen LogP contribution is 2.60. The molecule has 1 saturated heterocycles. The van der Waals surface area contributed by atoms with E-state index in [4.69, 9.17) is 11.6 Å². The molecule has 2 aromatic carbocycles. The number of alkyl halides is 3. The van der Waals surface area contributed by atoms with Gasteiger partial charge in [-0.25, -0.2) is 9.18 Å². The molecule has 1 aliphatic heterocycles. The summed E-state index contributed by atoms with van der Waals surface area (Å²) in [5, 5.41) is 23.4. The molecule has 2 heterocycles. The maximum Gasteiger partial charge on any atom is 0.398 e. The lowest BCUT2D eigenvalue weighted by Gasteiger charge is -2.27. The van der Waals surface area contributed by atoms with Crippen LogP contribution in [0.5, 0.6) is 0 Å². The van der Waals surface area contributed by atoms with Crippen LogP contribution in [0.25, 0.3) is 11.3 Å². The summed E-state index contributed by atoms with van der Waals surface area (Å²) in [6.45, 7) is 0.547. The Bertz CT molecular complexity index is 1670. The number of carbonyl (C=O) groups is 3. The number of carboxylic acid groups (broad SMARTS) is 1. The van der Waals surface area contributed by atoms with Crippen molar-refractivity contribution in [2.45, 2.75) is 56.2 Å². The summed E-state index contributed by atoms with van der Waals surface area (Å²) in [6, 6.07) is 7.13. The Balaban J connectivity index is 1.48. The number of rotatable bonds is 5. The van der Waals surface area contributed by atoms with Crippen LogP contribution in [-0.2, 0) is 23.1 Å². The van der Waals surface area contributed by atoms with E-state index in [-0.39, 0.29) is 76.8 Å². The van der Waals surface area contributed by atoms with Gasteiger partial charge >= 0.3 is 12.1 Å². The molecule has 2 aliphatic carbocycles. The van der Waals surface area contributed by atoms with Crippen LogP contribution in [0, 0.1) is 11.7 Å². The highest BCUT2D eigenvalue weighted by atomic mass is 35.5. The summed E-state index contributed by atoms with van der Waals surface area (Å²) >= 11 is 6.39. The predicted octanol–water partition coefficient (Wildman–Crippen LogP) is 5.02. The minimum atomic E-state index is -4.63. The number of aromatic carboxylic acids is 1. The molecule has 3 aliphatic rings. The maximum atomic E-state index is 15.2. The zero-order chi connectivity index (χ0) is 30.8. The normalized spacial score (nSPS) is 21.0. The molecule has 1 amide bonds. The molecule has 6 rings (SSSR count). The lowest BCUT2D eigenvalue weighted by molar-refractivity contribution is -0.160. The third-order valence-electron chi connectivity index (χ3n) is 8.80. The molecule has 2 atom stereocenters. The molecule has 3 aromatic rings. The van der Waals surface area contributed by atoms with Crippen LogP contribution in [0.2, 0.25) is 5.02 Å². The number of nitrogens with zero attached hydrogens (tertiary/aromatic N) is 3. The number of likely N-dealkylation sites (tertiary alicyclic amines) is 1. The van der Waals surface area contributed by atoms with E-state index in [1.54, 1.807) is 4.90 Å². The van der Waals surface area contributed by atoms with Crippen molar-refractivity contribution in [3.63, 3.8) is 0 Å². The second-order valence-electron chi connectivity index (χ2n) is 11.4. The van der Waals surface area contributed by atoms with Crippen LogP contribution in [0.3, 0.4) is 0 Å². The molecule has 0 radical (unpaired) electrons. The number of benzene rings is 2. The Morgan fingerprint density at radius 3 is 2.44 bits per heavy atom. The Hall–Kier alpha value is -3.77. The monoisotopic (exact) mass is 619 g/mol. The first kappa shape index (κ1) is 29.3. The first-order valence-corrected chi connectivity index (χ1v) is 14.2. The molecule has 2 N–H and O–H groups in total. The average molecular weight is 620 g/mol. The van der Waals surface area contributed by atoms with Crippen molar-refractivity contribution in [2.75, 3.05) is 13.1 Å². The molecular weight excluding hydrogens is 594 g/mol. The van der Waals surface area contributed by atoms with Gasteiger partial charge in [-0.15, -0.1) is 0 Å². The van der Waals surface area contributed by atoms with Gasteiger partial charge in [0.2, 0.25) is 5.91 Å². The smallest absolute Gasteiger partial charge is 0.398 e. The quantitative estimate of drug-likeness (QED) is 0.388. The van der Waals surface area contributed by atoms with Gasteiger partial charge in [0.15, 0.2) is 0 Å². The van der Waals surface area contributed by atoms with Crippen LogP contribution >= 0.6 is 11.6 Å². The van der Waals surface area contributed by atoms with Crippen LogP contribution in [-0.4, -0.2) is 68.0 Å². The predicted molar refractivity (Wildman–Crippen MR) is 145 cm³/mol. The van der Waals surface area contributed by atoms with E-state index in [9.17, 15) is 37.8 Å². The van der Waals surface area contributed by atoms with E-state index < -0.39 is 41.3 Å². The Morgan fingerprint density at radius 2 is 1.84 bits per heavy atom. The Morgan fingerprint density at radius 1 is 1.09 bits per heavy atom. The topological polar surface area (TPSA) is 113 Å². The van der Waals surface area contributed by atoms with Gasteiger partial charge in [-0.2, -0.15) is 23.0 Å². The van der Waals surface area contributed by atoms with Gasteiger partial charge in [0.05, 0.1) is 39.1 Å². The van der Waals surface area contributed by atoms with E-state index in [2.05, 4.69) is 5.10 Å². The summed E-state index contributed by atoms with van der Waals surface area (Å²) in [5.41, 5.74) is -2.54. The number of amides is 1. The number of carboxylic acids is 1. The standard InChI is InChI=1S/C30H26ClF4N3O5/c31-21-3-1-2-20(29(9-10-29)30(33,34)35)24(21)27(41)38-23-13-15(26(40)37-11-8-17(39)14-37)4-7-19(23)25(36-38)18-6-5-16(28(42)43)12-22(18)32/h1-3,5-6,12,15,17,39H,4,7-11,13-14H2,(H,42,43). The number of carbonyl (C=O) groups excluding carboxylic acids is 2. The van der Waals surface area contributed by atoms with Crippen molar-refractivity contribution >= 4 is 29.4 Å². The largest absolute Gasteiger partial charge is 0.478 e. The highest BCUT2D eigenvalue weighted by molar-refractivity contribution is 6.34. The number of aliphatic hydroxyl groups excluding tert-OH is 1. The summed E-state index contributed by atoms with van der Waals surface area (Å²) in [4.78, 5) is 40.4. The zero-order valence-electron chi connectivity index (χ0n) is 22.6. The molecule has 1 saturated carbocycles. The highest BCUT2D eigenvalue weighted by Gasteiger charge is 2.65. The molecule has 2 unspecified atom stereocenters. The second-order valence-corrected chi connectivity index (χ2v) is 11.8. The molecule has 0 spiro atoms. The molecule has 1 aromatic heterocycles. The number of hydrogen-bond donors (Lipinski definition) is 2. The van der Waals surface area contributed by atoms with Gasteiger partial charge < -0.3 is 15.1 Å². The minimum absolute atomic E-state index is 0.00146. The molecular formula is C30H26ClF4N3O5. The SMILES string of the molecule is O=C(O)c1ccc(-c2nn(C(=O)c3c(Cl)cccc3C3(C(F)(F)F)CC3)c3c2CCC(C(=O)N2CCC(O)C2)C3)c(F)c1. The van der Waals surface area contributed by atoms with Gasteiger partial charge in [-0.3, -0.25) is 9.59 Å². The van der Waals surface area contributed by atoms with Crippen molar-refractivity contribution < 1.29 is 42.2 Å². The Kier molecular flexibility index (Phi) is 7.12.